The van der Waals surface area contributed by atoms with Crippen molar-refractivity contribution < 1.29 is 19.1 Å². The van der Waals surface area contributed by atoms with Crippen LogP contribution in [-0.2, 0) is 9.53 Å². The largest absolute Gasteiger partial charge is 0.854 e. The van der Waals surface area contributed by atoms with Crippen molar-refractivity contribution in [1.29, 1.82) is 0 Å². The molecule has 264 valence electrons. The Kier molecular flexibility index (Phi) is 10.4. The van der Waals surface area contributed by atoms with Gasteiger partial charge in [0, 0.05) is 5.41 Å². The van der Waals surface area contributed by atoms with Crippen molar-refractivity contribution in [2.75, 3.05) is 33.8 Å². The van der Waals surface area contributed by atoms with Gasteiger partial charge in [-0.15, -0.1) is 6.61 Å². The fraction of sp³-hybridized carbons (Fsp3) is 0.929. The van der Waals surface area contributed by atoms with Crippen LogP contribution in [0.25, 0.3) is 0 Å². The van der Waals surface area contributed by atoms with Gasteiger partial charge < -0.3 is 14.3 Å². The van der Waals surface area contributed by atoms with E-state index in [9.17, 15) is 9.90 Å². The van der Waals surface area contributed by atoms with Crippen LogP contribution in [0.2, 0.25) is 0 Å². The van der Waals surface area contributed by atoms with Gasteiger partial charge in [-0.2, -0.15) is 0 Å². The van der Waals surface area contributed by atoms with Crippen molar-refractivity contribution >= 4 is 5.97 Å². The number of carbonyl (C=O) groups is 1. The first-order valence-electron chi connectivity index (χ1n) is 19.8. The van der Waals surface area contributed by atoms with Gasteiger partial charge in [-0.05, 0) is 135 Å². The molecule has 5 aliphatic rings. The molecular formula is C42H73NO3. The van der Waals surface area contributed by atoms with Gasteiger partial charge in [0.25, 0.3) is 0 Å². The summed E-state index contributed by atoms with van der Waals surface area (Å²) in [6.07, 6.45) is 19.6. The Balaban J connectivity index is 1.28. The maximum absolute atomic E-state index is 13.5. The minimum atomic E-state index is -0.0288. The van der Waals surface area contributed by atoms with Crippen LogP contribution in [-0.4, -0.2) is 50.3 Å². The first-order valence-corrected chi connectivity index (χ1v) is 19.8. The molecule has 4 heteroatoms. The summed E-state index contributed by atoms with van der Waals surface area (Å²) in [5, 5.41) is 12.9. The minimum absolute atomic E-state index is 0.000907. The van der Waals surface area contributed by atoms with Crippen LogP contribution in [0.15, 0.2) is 12.2 Å². The normalized spacial score (nSPS) is 43.2. The lowest BCUT2D eigenvalue weighted by molar-refractivity contribution is -0.883. The molecule has 10 atom stereocenters. The topological polar surface area (TPSA) is 49.4 Å². The number of likely N-dealkylation sites (N-methyl/N-ethyl adjacent to an activating group) is 1. The fourth-order valence-corrected chi connectivity index (χ4v) is 13.7. The summed E-state index contributed by atoms with van der Waals surface area (Å²) in [4.78, 5) is 13.5. The van der Waals surface area contributed by atoms with Crippen LogP contribution in [0.3, 0.4) is 0 Å². The molecule has 4 nitrogen and oxygen atoms in total. The molecular weight excluding hydrogens is 566 g/mol. The summed E-state index contributed by atoms with van der Waals surface area (Å²) in [6.45, 7) is 23.4. The van der Waals surface area contributed by atoms with Crippen molar-refractivity contribution in [3.63, 3.8) is 0 Å². The van der Waals surface area contributed by atoms with Crippen LogP contribution < -0.4 is 5.11 Å². The van der Waals surface area contributed by atoms with E-state index in [0.717, 1.165) is 30.3 Å². The number of carbonyl (C=O) groups excluding carboxylic acids is 1. The number of unbranched alkanes of at least 4 members (excludes halogenated alkanes) is 5. The summed E-state index contributed by atoms with van der Waals surface area (Å²) < 4.78 is 7.20. The summed E-state index contributed by atoms with van der Waals surface area (Å²) >= 11 is 0. The van der Waals surface area contributed by atoms with Crippen molar-refractivity contribution in [2.45, 2.75) is 157 Å². The van der Waals surface area contributed by atoms with Crippen molar-refractivity contribution in [1.82, 2.24) is 0 Å². The molecule has 0 amide bonds. The number of allylic oxidation sites excluding steroid dienone is 1. The molecule has 0 N–H and O–H groups in total. The molecule has 5 saturated carbocycles. The van der Waals surface area contributed by atoms with Crippen molar-refractivity contribution in [3.8, 4) is 0 Å². The van der Waals surface area contributed by atoms with E-state index in [0.29, 0.717) is 36.1 Å². The Morgan fingerprint density at radius 3 is 2.20 bits per heavy atom. The number of hydrogen-bond acceptors (Lipinski definition) is 3. The van der Waals surface area contributed by atoms with Gasteiger partial charge in [0.05, 0.1) is 20.6 Å². The number of quaternary nitrogens is 1. The predicted octanol–water partition coefficient (Wildman–Crippen LogP) is 9.35. The lowest BCUT2D eigenvalue weighted by Crippen LogP contribution is -2.67. The Labute approximate surface area is 284 Å². The molecule has 0 saturated heterocycles. The second kappa shape index (κ2) is 13.1. The van der Waals surface area contributed by atoms with Crippen LogP contribution >= 0.6 is 0 Å². The molecule has 0 spiro atoms. The average Bonchev–Trinajstić information content (AvgIpc) is 3.37. The standard InChI is InChI=1S/C42H73NO3/c1-11-12-13-14-15-16-27-43(9,10)28-36(45)46-35-21-22-39(6)33(38(35,4)5)20-23-41(8)34(39)18-17-32-37-31(30(2)3)19-24-42(37,29-44)26-25-40(32,41)7/h31-35,37H,2,11-29H2,1,3-10H3/t31?,32?,33?,34?,35-,37?,39-,40+,41+,42+/m0/s1. The molecule has 0 bridgehead atoms. The second-order valence-electron chi connectivity index (χ2n) is 19.6. The third-order valence-electron chi connectivity index (χ3n) is 16.4. The molecule has 5 rings (SSSR count). The lowest BCUT2D eigenvalue weighted by atomic mass is 9.32. The van der Waals surface area contributed by atoms with E-state index >= 15 is 0 Å². The number of fused-ring (bicyclic) bond motifs is 7. The smallest absolute Gasteiger partial charge is 0.362 e. The highest BCUT2D eigenvalue weighted by Crippen LogP contribution is 2.77. The second-order valence-corrected chi connectivity index (χ2v) is 19.6. The van der Waals surface area contributed by atoms with Gasteiger partial charge in [0.1, 0.15) is 6.10 Å². The van der Waals surface area contributed by atoms with Crippen LogP contribution in [0.5, 0.6) is 0 Å². The Morgan fingerprint density at radius 2 is 1.52 bits per heavy atom. The first kappa shape index (κ1) is 36.4. The van der Waals surface area contributed by atoms with Crippen molar-refractivity contribution in [3.05, 3.63) is 12.2 Å². The molecule has 5 fully saturated rings. The highest BCUT2D eigenvalue weighted by atomic mass is 16.5. The van der Waals surface area contributed by atoms with E-state index in [2.05, 4.69) is 69.1 Å². The summed E-state index contributed by atoms with van der Waals surface area (Å²) in [7, 11) is 4.40. The third-order valence-corrected chi connectivity index (χ3v) is 16.4. The highest BCUT2D eigenvalue weighted by molar-refractivity contribution is 5.70. The first-order chi connectivity index (χ1) is 21.5. The van der Waals surface area contributed by atoms with E-state index < -0.39 is 0 Å². The number of nitrogens with zero attached hydrogens (tertiary/aromatic N) is 1. The number of ether oxygens (including phenoxy) is 1. The van der Waals surface area contributed by atoms with Gasteiger partial charge in [0.15, 0.2) is 6.54 Å². The molecule has 46 heavy (non-hydrogen) atoms. The van der Waals surface area contributed by atoms with E-state index in [4.69, 9.17) is 4.74 Å². The molecule has 0 aromatic heterocycles. The summed E-state index contributed by atoms with van der Waals surface area (Å²) in [5.74, 6) is 2.95. The molecule has 5 aliphatic carbocycles. The maximum Gasteiger partial charge on any atom is 0.362 e. The third kappa shape index (κ3) is 5.98. The summed E-state index contributed by atoms with van der Waals surface area (Å²) in [5.41, 5.74) is 2.13. The van der Waals surface area contributed by atoms with Crippen LogP contribution in [0.1, 0.15) is 151 Å². The van der Waals surface area contributed by atoms with Gasteiger partial charge in [-0.25, -0.2) is 4.79 Å². The Morgan fingerprint density at radius 1 is 0.826 bits per heavy atom. The minimum Gasteiger partial charge on any atom is -0.854 e. The van der Waals surface area contributed by atoms with E-state index in [1.54, 1.807) is 0 Å². The molecule has 5 unspecified atom stereocenters. The molecule has 0 heterocycles. The Hall–Kier alpha value is -0.870. The molecule has 0 radical (unpaired) electrons. The Bertz CT molecular complexity index is 1110. The van der Waals surface area contributed by atoms with Crippen LogP contribution in [0.4, 0.5) is 0 Å². The lowest BCUT2D eigenvalue weighted by Gasteiger charge is -2.73. The predicted molar refractivity (Wildman–Crippen MR) is 189 cm³/mol. The monoisotopic (exact) mass is 640 g/mol. The zero-order valence-electron chi connectivity index (χ0n) is 31.8. The fourth-order valence-electron chi connectivity index (χ4n) is 13.7. The molecule has 0 aliphatic heterocycles. The van der Waals surface area contributed by atoms with Crippen LogP contribution in [0, 0.1) is 56.7 Å². The molecule has 0 aromatic rings. The zero-order valence-corrected chi connectivity index (χ0v) is 31.8. The van der Waals surface area contributed by atoms with Gasteiger partial charge in [-0.1, -0.05) is 79.4 Å². The molecule has 0 aromatic carbocycles. The maximum atomic E-state index is 13.5. The van der Waals surface area contributed by atoms with E-state index in [1.807, 2.05) is 0 Å². The number of hydrogen-bond donors (Lipinski definition) is 0. The van der Waals surface area contributed by atoms with Gasteiger partial charge in [0.2, 0.25) is 0 Å². The average molecular weight is 640 g/mol. The zero-order chi connectivity index (χ0) is 33.8. The number of esters is 1. The van der Waals surface area contributed by atoms with E-state index in [-0.39, 0.29) is 45.8 Å². The highest BCUT2D eigenvalue weighted by Gasteiger charge is 2.70. The van der Waals surface area contributed by atoms with Gasteiger partial charge in [-0.3, -0.25) is 0 Å². The SMILES string of the molecule is C=C(C)C1CC[C@]2(C[O-])CC[C@]3(C)C(CCC4[C@@]5(C)CC[C@H](OC(=O)C[N+](C)(C)CCCCCCCC)C(C)(C)C5CC[C@]43C)C12. The van der Waals surface area contributed by atoms with Crippen molar-refractivity contribution in [2.24, 2.45) is 56.7 Å². The number of rotatable bonds is 12. The summed E-state index contributed by atoms with van der Waals surface area (Å²) in [6, 6.07) is 0. The van der Waals surface area contributed by atoms with E-state index in [1.165, 1.54) is 89.0 Å². The van der Waals surface area contributed by atoms with Gasteiger partial charge >= 0.3 is 5.97 Å². The quantitative estimate of drug-likeness (QED) is 0.0925.